The summed E-state index contributed by atoms with van der Waals surface area (Å²) in [4.78, 5) is 18.1. The molecule has 1 amide bonds. The normalized spacial score (nSPS) is 11.0. The molecule has 0 spiro atoms. The van der Waals surface area contributed by atoms with Crippen LogP contribution in [0.2, 0.25) is 0 Å². The van der Waals surface area contributed by atoms with Crippen molar-refractivity contribution < 1.29 is 13.6 Å². The van der Waals surface area contributed by atoms with Crippen LogP contribution in [0, 0.1) is 18.6 Å². The molecule has 0 fully saturated rings. The maximum absolute atomic E-state index is 13.5. The van der Waals surface area contributed by atoms with Gasteiger partial charge in [0.2, 0.25) is 0 Å². The van der Waals surface area contributed by atoms with Gasteiger partial charge in [-0.2, -0.15) is 0 Å². The van der Waals surface area contributed by atoms with Gasteiger partial charge < -0.3 is 11.1 Å². The summed E-state index contributed by atoms with van der Waals surface area (Å²) in [6.07, 6.45) is 0. The third-order valence-electron chi connectivity index (χ3n) is 4.39. The van der Waals surface area contributed by atoms with Crippen molar-refractivity contribution in [3.63, 3.8) is 0 Å². The number of hydrogen-bond donors (Lipinski definition) is 2. The molecule has 0 aliphatic rings. The van der Waals surface area contributed by atoms with Crippen LogP contribution in [-0.2, 0) is 0 Å². The summed E-state index contributed by atoms with van der Waals surface area (Å²) in [5, 5.41) is 3.37. The van der Waals surface area contributed by atoms with E-state index in [0.29, 0.717) is 32.2 Å². The number of anilines is 2. The number of hydrogen-bond acceptors (Lipinski definition) is 4. The van der Waals surface area contributed by atoms with Crippen molar-refractivity contribution in [3.8, 4) is 11.3 Å². The zero-order valence-electron chi connectivity index (χ0n) is 14.8. The number of benzene rings is 2. The fraction of sp³-hybridized carbons (Fsp3) is 0.0476. The number of halogens is 2. The molecule has 0 aliphatic heterocycles. The fourth-order valence-electron chi connectivity index (χ4n) is 2.86. The van der Waals surface area contributed by atoms with Crippen LogP contribution in [0.15, 0.2) is 54.6 Å². The summed E-state index contributed by atoms with van der Waals surface area (Å²) in [5.41, 5.74) is 9.03. The molecular formula is C21H15F2N3OS. The van der Waals surface area contributed by atoms with Crippen LogP contribution in [0.5, 0.6) is 0 Å². The van der Waals surface area contributed by atoms with Crippen LogP contribution in [0.4, 0.5) is 20.2 Å². The molecule has 4 aromatic rings. The molecule has 4 nitrogen and oxygen atoms in total. The second-order valence-electron chi connectivity index (χ2n) is 6.31. The number of pyridine rings is 1. The Morgan fingerprint density at radius 3 is 2.50 bits per heavy atom. The molecular weight excluding hydrogens is 380 g/mol. The highest BCUT2D eigenvalue weighted by molar-refractivity contribution is 7.21. The SMILES string of the molecule is Cc1ccc(F)cc1NC(=O)c1sc2nc(-c3ccc(F)cc3)ccc2c1N. The van der Waals surface area contributed by atoms with Gasteiger partial charge in [0.05, 0.1) is 11.4 Å². The third kappa shape index (κ3) is 3.32. The number of nitrogens with zero attached hydrogens (tertiary/aromatic N) is 1. The molecule has 0 saturated heterocycles. The Bertz CT molecular complexity index is 1200. The maximum Gasteiger partial charge on any atom is 0.267 e. The van der Waals surface area contributed by atoms with Gasteiger partial charge in [-0.15, -0.1) is 11.3 Å². The minimum absolute atomic E-state index is 0.308. The van der Waals surface area contributed by atoms with E-state index in [2.05, 4.69) is 10.3 Å². The lowest BCUT2D eigenvalue weighted by Crippen LogP contribution is -2.13. The average molecular weight is 395 g/mol. The van der Waals surface area contributed by atoms with Crippen molar-refractivity contribution in [2.45, 2.75) is 6.92 Å². The fourth-order valence-corrected chi connectivity index (χ4v) is 3.84. The van der Waals surface area contributed by atoms with Crippen molar-refractivity contribution in [1.29, 1.82) is 0 Å². The Morgan fingerprint density at radius 2 is 1.75 bits per heavy atom. The average Bonchev–Trinajstić information content (AvgIpc) is 3.01. The molecule has 2 aromatic carbocycles. The largest absolute Gasteiger partial charge is 0.397 e. The Hall–Kier alpha value is -3.32. The van der Waals surface area contributed by atoms with E-state index in [1.54, 1.807) is 37.3 Å². The van der Waals surface area contributed by atoms with Gasteiger partial charge in [-0.25, -0.2) is 13.8 Å². The summed E-state index contributed by atoms with van der Waals surface area (Å²) in [7, 11) is 0. The number of nitrogens with one attached hydrogen (secondary N) is 1. The van der Waals surface area contributed by atoms with Gasteiger partial charge >= 0.3 is 0 Å². The number of carbonyl (C=O) groups is 1. The van der Waals surface area contributed by atoms with Gasteiger partial charge in [-0.05, 0) is 61.0 Å². The van der Waals surface area contributed by atoms with Gasteiger partial charge in [-0.3, -0.25) is 4.79 Å². The predicted molar refractivity (Wildman–Crippen MR) is 109 cm³/mol. The summed E-state index contributed by atoms with van der Waals surface area (Å²) >= 11 is 1.16. The number of fused-ring (bicyclic) bond motifs is 1. The molecule has 140 valence electrons. The number of nitrogens with two attached hydrogens (primary N) is 1. The predicted octanol–water partition coefficient (Wildman–Crippen LogP) is 5.38. The molecule has 7 heteroatoms. The van der Waals surface area contributed by atoms with E-state index in [1.165, 1.54) is 24.3 Å². The first-order chi connectivity index (χ1) is 13.4. The van der Waals surface area contributed by atoms with Crippen LogP contribution in [0.1, 0.15) is 15.2 Å². The molecule has 2 aromatic heterocycles. The van der Waals surface area contributed by atoms with E-state index >= 15 is 0 Å². The van der Waals surface area contributed by atoms with Crippen molar-refractivity contribution in [3.05, 3.63) is 76.7 Å². The first-order valence-corrected chi connectivity index (χ1v) is 9.26. The Kier molecular flexibility index (Phi) is 4.52. The van der Waals surface area contributed by atoms with E-state index in [0.717, 1.165) is 22.5 Å². The van der Waals surface area contributed by atoms with Gasteiger partial charge in [0, 0.05) is 16.6 Å². The first-order valence-electron chi connectivity index (χ1n) is 8.45. The Labute approximate surface area is 163 Å². The van der Waals surface area contributed by atoms with Crippen LogP contribution < -0.4 is 11.1 Å². The standard InChI is InChI=1S/C21H15F2N3OS/c1-11-2-5-14(23)10-17(11)25-20(27)19-18(24)15-8-9-16(26-21(15)28-19)12-3-6-13(22)7-4-12/h2-10H,24H2,1H3,(H,25,27). The molecule has 28 heavy (non-hydrogen) atoms. The lowest BCUT2D eigenvalue weighted by atomic mass is 10.1. The second kappa shape index (κ2) is 7.01. The van der Waals surface area contributed by atoms with Crippen LogP contribution >= 0.6 is 11.3 Å². The van der Waals surface area contributed by atoms with Gasteiger partial charge in [0.15, 0.2) is 0 Å². The maximum atomic E-state index is 13.5. The molecule has 0 radical (unpaired) electrons. The molecule has 2 heterocycles. The van der Waals surface area contributed by atoms with E-state index in [9.17, 15) is 13.6 Å². The van der Waals surface area contributed by atoms with E-state index < -0.39 is 11.7 Å². The lowest BCUT2D eigenvalue weighted by molar-refractivity contribution is 0.103. The second-order valence-corrected chi connectivity index (χ2v) is 7.31. The van der Waals surface area contributed by atoms with Crippen LogP contribution in [0.3, 0.4) is 0 Å². The zero-order chi connectivity index (χ0) is 19.8. The van der Waals surface area contributed by atoms with Crippen molar-refractivity contribution in [2.75, 3.05) is 11.1 Å². The quantitative estimate of drug-likeness (QED) is 0.489. The van der Waals surface area contributed by atoms with Gasteiger partial charge in [-0.1, -0.05) is 6.07 Å². The number of carbonyl (C=O) groups excluding carboxylic acids is 1. The highest BCUT2D eigenvalue weighted by Gasteiger charge is 2.18. The summed E-state index contributed by atoms with van der Waals surface area (Å²) in [6, 6.07) is 13.8. The van der Waals surface area contributed by atoms with Gasteiger partial charge in [0.25, 0.3) is 5.91 Å². The number of nitrogen functional groups attached to an aromatic ring is 1. The summed E-state index contributed by atoms with van der Waals surface area (Å²) < 4.78 is 26.6. The first kappa shape index (κ1) is 18.1. The lowest BCUT2D eigenvalue weighted by Gasteiger charge is -2.07. The number of aromatic nitrogens is 1. The number of amides is 1. The molecule has 0 aliphatic carbocycles. The molecule has 0 saturated carbocycles. The van der Waals surface area contributed by atoms with Crippen LogP contribution in [0.25, 0.3) is 21.5 Å². The minimum Gasteiger partial charge on any atom is -0.397 e. The van der Waals surface area contributed by atoms with E-state index in [4.69, 9.17) is 5.73 Å². The highest BCUT2D eigenvalue weighted by Crippen LogP contribution is 2.35. The topological polar surface area (TPSA) is 68.0 Å². The molecule has 4 rings (SSSR count). The minimum atomic E-state index is -0.434. The van der Waals surface area contributed by atoms with Crippen molar-refractivity contribution >= 4 is 38.8 Å². The molecule has 0 unspecified atom stereocenters. The zero-order valence-corrected chi connectivity index (χ0v) is 15.6. The molecule has 0 atom stereocenters. The molecule has 3 N–H and O–H groups in total. The Balaban J connectivity index is 1.69. The van der Waals surface area contributed by atoms with E-state index in [1.807, 2.05) is 0 Å². The number of aryl methyl sites for hydroxylation is 1. The number of rotatable bonds is 3. The summed E-state index contributed by atoms with van der Waals surface area (Å²) in [6.45, 7) is 1.78. The smallest absolute Gasteiger partial charge is 0.267 e. The van der Waals surface area contributed by atoms with Crippen molar-refractivity contribution in [1.82, 2.24) is 4.98 Å². The van der Waals surface area contributed by atoms with Crippen LogP contribution in [-0.4, -0.2) is 10.9 Å². The van der Waals surface area contributed by atoms with Gasteiger partial charge in [0.1, 0.15) is 21.3 Å². The molecule has 0 bridgehead atoms. The summed E-state index contributed by atoms with van der Waals surface area (Å²) in [5.74, 6) is -1.18. The highest BCUT2D eigenvalue weighted by atomic mass is 32.1. The van der Waals surface area contributed by atoms with Crippen molar-refractivity contribution in [2.24, 2.45) is 0 Å². The Morgan fingerprint density at radius 1 is 1.04 bits per heavy atom. The number of thiophene rings is 1. The van der Waals surface area contributed by atoms with E-state index in [-0.39, 0.29) is 5.82 Å². The third-order valence-corrected chi connectivity index (χ3v) is 5.50. The monoisotopic (exact) mass is 395 g/mol.